The maximum absolute atomic E-state index is 12.1. The lowest BCUT2D eigenvalue weighted by Gasteiger charge is -2.08. The molecule has 0 atom stereocenters. The second-order valence-electron chi connectivity index (χ2n) is 4.72. The number of nitrogens with zero attached hydrogens (tertiary/aromatic N) is 1. The predicted molar refractivity (Wildman–Crippen MR) is 89.7 cm³/mol. The summed E-state index contributed by atoms with van der Waals surface area (Å²) in [7, 11) is 3.01. The number of non-ortho nitro benzene ring substituents is 1. The summed E-state index contributed by atoms with van der Waals surface area (Å²) in [5, 5.41) is 13.5. The average molecular weight is 328 g/mol. The Hall–Kier alpha value is -3.35. The maximum atomic E-state index is 12.1. The number of rotatable bonds is 7. The molecule has 0 saturated heterocycles. The van der Waals surface area contributed by atoms with E-state index in [4.69, 9.17) is 9.47 Å². The number of ether oxygens (including phenoxy) is 2. The van der Waals surface area contributed by atoms with Crippen molar-refractivity contribution in [2.75, 3.05) is 19.5 Å². The van der Waals surface area contributed by atoms with Gasteiger partial charge in [-0.1, -0.05) is 6.07 Å². The molecule has 0 unspecified atom stereocenters. The van der Waals surface area contributed by atoms with Crippen molar-refractivity contribution in [3.8, 4) is 11.5 Å². The fraction of sp³-hybridized carbons (Fsp3) is 0.118. The molecule has 0 aromatic heterocycles. The normalized spacial score (nSPS) is 10.4. The summed E-state index contributed by atoms with van der Waals surface area (Å²) in [4.78, 5) is 22.4. The summed E-state index contributed by atoms with van der Waals surface area (Å²) in [6.45, 7) is 0. The van der Waals surface area contributed by atoms with E-state index in [1.165, 1.54) is 38.6 Å². The molecule has 0 aliphatic heterocycles. The highest BCUT2D eigenvalue weighted by Crippen LogP contribution is 2.27. The standard InChI is InChI=1S/C17H16N2O5/c1-23-16-7-6-12(10-17(16)24-2)15(20)8-9-18-13-4-3-5-14(11-13)19(21)22/h3-11,18H,1-2H3/b9-8+. The fourth-order valence-electron chi connectivity index (χ4n) is 2.01. The van der Waals surface area contributed by atoms with E-state index in [2.05, 4.69) is 5.32 Å². The zero-order chi connectivity index (χ0) is 17.5. The first kappa shape index (κ1) is 17.0. The number of allylic oxidation sites excluding steroid dienone is 1. The SMILES string of the molecule is COc1ccc(C(=O)/C=C/Nc2cccc([N+](=O)[O-])c2)cc1OC. The van der Waals surface area contributed by atoms with Crippen LogP contribution in [0.15, 0.2) is 54.7 Å². The second kappa shape index (κ2) is 7.77. The Labute approximate surface area is 138 Å². The van der Waals surface area contributed by atoms with Crippen LogP contribution in [0.4, 0.5) is 11.4 Å². The highest BCUT2D eigenvalue weighted by molar-refractivity contribution is 6.05. The van der Waals surface area contributed by atoms with Crippen molar-refractivity contribution >= 4 is 17.2 Å². The topological polar surface area (TPSA) is 90.7 Å². The van der Waals surface area contributed by atoms with Gasteiger partial charge in [0.2, 0.25) is 0 Å². The minimum Gasteiger partial charge on any atom is -0.493 e. The van der Waals surface area contributed by atoms with E-state index in [1.54, 1.807) is 30.3 Å². The summed E-state index contributed by atoms with van der Waals surface area (Å²) >= 11 is 0. The molecule has 0 radical (unpaired) electrons. The second-order valence-corrected chi connectivity index (χ2v) is 4.72. The summed E-state index contributed by atoms with van der Waals surface area (Å²) in [6.07, 6.45) is 2.76. The van der Waals surface area contributed by atoms with Gasteiger partial charge < -0.3 is 14.8 Å². The Kier molecular flexibility index (Phi) is 5.51. The van der Waals surface area contributed by atoms with Crippen LogP contribution in [0.25, 0.3) is 0 Å². The Morgan fingerprint density at radius 3 is 2.54 bits per heavy atom. The molecular weight excluding hydrogens is 312 g/mol. The van der Waals surface area contributed by atoms with Gasteiger partial charge in [-0.15, -0.1) is 0 Å². The Morgan fingerprint density at radius 2 is 1.88 bits per heavy atom. The zero-order valence-corrected chi connectivity index (χ0v) is 13.2. The monoisotopic (exact) mass is 328 g/mol. The van der Waals surface area contributed by atoms with Gasteiger partial charge in [0.25, 0.3) is 5.69 Å². The molecule has 2 aromatic carbocycles. The number of ketones is 1. The Balaban J connectivity index is 2.08. The lowest BCUT2D eigenvalue weighted by molar-refractivity contribution is -0.384. The van der Waals surface area contributed by atoms with Gasteiger partial charge in [-0.25, -0.2) is 0 Å². The number of nitrogens with one attached hydrogen (secondary N) is 1. The van der Waals surface area contributed by atoms with Crippen LogP contribution >= 0.6 is 0 Å². The molecule has 0 spiro atoms. The van der Waals surface area contributed by atoms with E-state index >= 15 is 0 Å². The quantitative estimate of drug-likeness (QED) is 0.362. The van der Waals surface area contributed by atoms with Gasteiger partial charge in [0.15, 0.2) is 17.3 Å². The van der Waals surface area contributed by atoms with Crippen LogP contribution in [0.2, 0.25) is 0 Å². The van der Waals surface area contributed by atoms with Crippen molar-refractivity contribution in [1.29, 1.82) is 0 Å². The van der Waals surface area contributed by atoms with Crippen molar-refractivity contribution in [3.05, 3.63) is 70.4 Å². The van der Waals surface area contributed by atoms with Crippen LogP contribution in [0, 0.1) is 10.1 Å². The number of nitro benzene ring substituents is 1. The van der Waals surface area contributed by atoms with Gasteiger partial charge in [-0.05, 0) is 24.3 Å². The highest BCUT2D eigenvalue weighted by Gasteiger charge is 2.09. The van der Waals surface area contributed by atoms with E-state index in [1.807, 2.05) is 0 Å². The third-order valence-electron chi connectivity index (χ3n) is 3.21. The summed E-state index contributed by atoms with van der Waals surface area (Å²) in [5.41, 5.74) is 0.921. The van der Waals surface area contributed by atoms with E-state index in [-0.39, 0.29) is 11.5 Å². The molecule has 0 fully saturated rings. The molecule has 2 rings (SSSR count). The summed E-state index contributed by atoms with van der Waals surface area (Å²) < 4.78 is 10.3. The fourth-order valence-corrected chi connectivity index (χ4v) is 2.01. The largest absolute Gasteiger partial charge is 0.493 e. The van der Waals surface area contributed by atoms with Crippen molar-refractivity contribution < 1.29 is 19.2 Å². The van der Waals surface area contributed by atoms with Gasteiger partial charge in [0, 0.05) is 35.7 Å². The maximum Gasteiger partial charge on any atom is 0.271 e. The van der Waals surface area contributed by atoms with Crippen LogP contribution in [0.5, 0.6) is 11.5 Å². The number of carbonyl (C=O) groups excluding carboxylic acids is 1. The number of benzene rings is 2. The number of methoxy groups -OCH3 is 2. The van der Waals surface area contributed by atoms with Crippen molar-refractivity contribution in [1.82, 2.24) is 0 Å². The van der Waals surface area contributed by atoms with Crippen molar-refractivity contribution in [2.45, 2.75) is 0 Å². The van der Waals surface area contributed by atoms with Crippen LogP contribution in [0.1, 0.15) is 10.4 Å². The molecular formula is C17H16N2O5. The molecule has 0 amide bonds. The van der Waals surface area contributed by atoms with E-state index in [9.17, 15) is 14.9 Å². The molecule has 7 heteroatoms. The van der Waals surface area contributed by atoms with Gasteiger partial charge in [-0.2, -0.15) is 0 Å². The molecule has 2 aromatic rings. The number of carbonyl (C=O) groups is 1. The molecule has 0 aliphatic carbocycles. The first-order chi connectivity index (χ1) is 11.5. The van der Waals surface area contributed by atoms with Crippen LogP contribution in [-0.4, -0.2) is 24.9 Å². The molecule has 0 saturated carbocycles. The smallest absolute Gasteiger partial charge is 0.271 e. The molecule has 0 bridgehead atoms. The van der Waals surface area contributed by atoms with Crippen LogP contribution in [0.3, 0.4) is 0 Å². The van der Waals surface area contributed by atoms with E-state index in [0.717, 1.165) is 0 Å². The number of hydrogen-bond donors (Lipinski definition) is 1. The minimum absolute atomic E-state index is 0.0281. The number of nitro groups is 1. The Bertz CT molecular complexity index is 786. The highest BCUT2D eigenvalue weighted by atomic mass is 16.6. The van der Waals surface area contributed by atoms with Gasteiger partial charge >= 0.3 is 0 Å². The van der Waals surface area contributed by atoms with Crippen LogP contribution < -0.4 is 14.8 Å². The van der Waals surface area contributed by atoms with E-state index < -0.39 is 4.92 Å². The average Bonchev–Trinajstić information content (AvgIpc) is 2.61. The first-order valence-corrected chi connectivity index (χ1v) is 6.99. The first-order valence-electron chi connectivity index (χ1n) is 6.99. The molecule has 7 nitrogen and oxygen atoms in total. The third kappa shape index (κ3) is 4.10. The van der Waals surface area contributed by atoms with Gasteiger partial charge in [0.1, 0.15) is 0 Å². The number of hydrogen-bond acceptors (Lipinski definition) is 6. The minimum atomic E-state index is -0.482. The van der Waals surface area contributed by atoms with Crippen molar-refractivity contribution in [2.24, 2.45) is 0 Å². The van der Waals surface area contributed by atoms with E-state index in [0.29, 0.717) is 22.7 Å². The van der Waals surface area contributed by atoms with Crippen LogP contribution in [-0.2, 0) is 0 Å². The third-order valence-corrected chi connectivity index (χ3v) is 3.21. The molecule has 1 N–H and O–H groups in total. The lowest BCUT2D eigenvalue weighted by atomic mass is 10.1. The lowest BCUT2D eigenvalue weighted by Crippen LogP contribution is -1.99. The number of anilines is 1. The van der Waals surface area contributed by atoms with Gasteiger partial charge in [-0.3, -0.25) is 14.9 Å². The predicted octanol–water partition coefficient (Wildman–Crippen LogP) is 3.42. The molecule has 24 heavy (non-hydrogen) atoms. The molecule has 0 aliphatic rings. The van der Waals surface area contributed by atoms with Crippen molar-refractivity contribution in [3.63, 3.8) is 0 Å². The molecule has 0 heterocycles. The zero-order valence-electron chi connectivity index (χ0n) is 13.2. The summed E-state index contributed by atoms with van der Waals surface area (Å²) in [5.74, 6) is 0.755. The van der Waals surface area contributed by atoms with Gasteiger partial charge in [0.05, 0.1) is 19.1 Å². The Morgan fingerprint density at radius 1 is 1.12 bits per heavy atom. The summed E-state index contributed by atoms with van der Waals surface area (Å²) in [6, 6.07) is 10.9. The molecule has 124 valence electrons.